The molecule has 1 atom stereocenters. The van der Waals surface area contributed by atoms with Crippen molar-refractivity contribution in [3.63, 3.8) is 0 Å². The van der Waals surface area contributed by atoms with Crippen LogP contribution in [0.25, 0.3) is 0 Å². The SMILES string of the molecule is CCOc1ccc(Br)cc1C(CN)N1CCCCC1. The Morgan fingerprint density at radius 3 is 2.68 bits per heavy atom. The van der Waals surface area contributed by atoms with E-state index in [0.717, 1.165) is 23.3 Å². The van der Waals surface area contributed by atoms with E-state index in [-0.39, 0.29) is 6.04 Å². The van der Waals surface area contributed by atoms with Crippen LogP contribution in [0, 0.1) is 0 Å². The molecule has 2 rings (SSSR count). The van der Waals surface area contributed by atoms with Crippen LogP contribution in [0.3, 0.4) is 0 Å². The van der Waals surface area contributed by atoms with Crippen molar-refractivity contribution in [1.82, 2.24) is 4.90 Å². The molecule has 0 radical (unpaired) electrons. The van der Waals surface area contributed by atoms with Crippen molar-refractivity contribution in [2.75, 3.05) is 26.2 Å². The predicted molar refractivity (Wildman–Crippen MR) is 82.5 cm³/mol. The van der Waals surface area contributed by atoms with Gasteiger partial charge >= 0.3 is 0 Å². The second-order valence-electron chi connectivity index (χ2n) is 4.96. The van der Waals surface area contributed by atoms with Gasteiger partial charge in [0.1, 0.15) is 5.75 Å². The molecule has 3 nitrogen and oxygen atoms in total. The standard InChI is InChI=1S/C15H23BrN2O/c1-2-19-15-7-6-12(16)10-13(15)14(11-17)18-8-4-3-5-9-18/h6-7,10,14H,2-5,8-9,11,17H2,1H3. The number of hydrogen-bond donors (Lipinski definition) is 1. The lowest BCUT2D eigenvalue weighted by Gasteiger charge is -2.35. The third-order valence-corrected chi connectivity index (χ3v) is 4.18. The van der Waals surface area contributed by atoms with Gasteiger partial charge in [-0.2, -0.15) is 0 Å². The molecule has 0 aliphatic carbocycles. The van der Waals surface area contributed by atoms with Crippen molar-refractivity contribution in [3.8, 4) is 5.75 Å². The highest BCUT2D eigenvalue weighted by Gasteiger charge is 2.24. The Morgan fingerprint density at radius 1 is 1.32 bits per heavy atom. The van der Waals surface area contributed by atoms with E-state index in [1.807, 2.05) is 19.1 Å². The first kappa shape index (κ1) is 14.8. The van der Waals surface area contributed by atoms with Gasteiger partial charge in [-0.3, -0.25) is 4.90 Å². The molecule has 19 heavy (non-hydrogen) atoms. The number of halogens is 1. The molecule has 1 aliphatic rings. The molecule has 0 amide bonds. The van der Waals surface area contributed by atoms with Crippen LogP contribution in [0.15, 0.2) is 22.7 Å². The minimum Gasteiger partial charge on any atom is -0.494 e. The van der Waals surface area contributed by atoms with E-state index >= 15 is 0 Å². The van der Waals surface area contributed by atoms with Crippen LogP contribution in [0.2, 0.25) is 0 Å². The number of likely N-dealkylation sites (tertiary alicyclic amines) is 1. The van der Waals surface area contributed by atoms with Gasteiger partial charge in [-0.15, -0.1) is 0 Å². The summed E-state index contributed by atoms with van der Waals surface area (Å²) < 4.78 is 6.85. The highest BCUT2D eigenvalue weighted by atomic mass is 79.9. The van der Waals surface area contributed by atoms with E-state index < -0.39 is 0 Å². The fraction of sp³-hybridized carbons (Fsp3) is 0.600. The Labute approximate surface area is 124 Å². The predicted octanol–water partition coefficient (Wildman–Crippen LogP) is 3.33. The Hall–Kier alpha value is -0.580. The zero-order valence-corrected chi connectivity index (χ0v) is 13.2. The van der Waals surface area contributed by atoms with Crippen molar-refractivity contribution in [3.05, 3.63) is 28.2 Å². The molecule has 1 unspecified atom stereocenters. The molecule has 0 bridgehead atoms. The zero-order valence-electron chi connectivity index (χ0n) is 11.6. The quantitative estimate of drug-likeness (QED) is 0.901. The number of hydrogen-bond acceptors (Lipinski definition) is 3. The average molecular weight is 327 g/mol. The zero-order chi connectivity index (χ0) is 13.7. The van der Waals surface area contributed by atoms with Crippen LogP contribution in [-0.2, 0) is 0 Å². The summed E-state index contributed by atoms with van der Waals surface area (Å²) in [5, 5.41) is 0. The molecule has 106 valence electrons. The molecule has 0 aromatic heterocycles. The third-order valence-electron chi connectivity index (χ3n) is 3.69. The first-order valence-electron chi connectivity index (χ1n) is 7.12. The van der Waals surface area contributed by atoms with Crippen LogP contribution in [0.5, 0.6) is 5.75 Å². The summed E-state index contributed by atoms with van der Waals surface area (Å²) in [6, 6.07) is 6.48. The van der Waals surface area contributed by atoms with Gasteiger partial charge in [0.05, 0.1) is 12.6 Å². The van der Waals surface area contributed by atoms with Gasteiger partial charge in [-0.1, -0.05) is 22.4 Å². The van der Waals surface area contributed by atoms with E-state index in [2.05, 4.69) is 26.9 Å². The molecule has 1 aromatic rings. The molecule has 1 heterocycles. The second-order valence-corrected chi connectivity index (χ2v) is 5.88. The van der Waals surface area contributed by atoms with Crippen LogP contribution in [-0.4, -0.2) is 31.1 Å². The lowest BCUT2D eigenvalue weighted by Crippen LogP contribution is -2.37. The molecule has 1 saturated heterocycles. The monoisotopic (exact) mass is 326 g/mol. The van der Waals surface area contributed by atoms with Crippen molar-refractivity contribution < 1.29 is 4.74 Å². The van der Waals surface area contributed by atoms with Crippen LogP contribution >= 0.6 is 15.9 Å². The maximum Gasteiger partial charge on any atom is 0.124 e. The average Bonchev–Trinajstić information content (AvgIpc) is 2.44. The number of nitrogens with two attached hydrogens (primary N) is 1. The van der Waals surface area contributed by atoms with Gasteiger partial charge in [0.15, 0.2) is 0 Å². The summed E-state index contributed by atoms with van der Waals surface area (Å²) in [7, 11) is 0. The van der Waals surface area contributed by atoms with Crippen molar-refractivity contribution >= 4 is 15.9 Å². The van der Waals surface area contributed by atoms with Crippen LogP contribution in [0.1, 0.15) is 37.8 Å². The van der Waals surface area contributed by atoms with Crippen molar-refractivity contribution in [2.45, 2.75) is 32.2 Å². The Balaban J connectivity index is 2.27. The molecule has 4 heteroatoms. The van der Waals surface area contributed by atoms with Gasteiger partial charge in [0.2, 0.25) is 0 Å². The fourth-order valence-electron chi connectivity index (χ4n) is 2.77. The van der Waals surface area contributed by atoms with Crippen molar-refractivity contribution in [2.24, 2.45) is 5.73 Å². The molecule has 0 spiro atoms. The lowest BCUT2D eigenvalue weighted by atomic mass is 10.0. The fourth-order valence-corrected chi connectivity index (χ4v) is 3.15. The number of ether oxygens (including phenoxy) is 1. The first-order chi connectivity index (χ1) is 9.26. The summed E-state index contributed by atoms with van der Waals surface area (Å²) in [6.07, 6.45) is 3.88. The van der Waals surface area contributed by atoms with Gasteiger partial charge in [-0.25, -0.2) is 0 Å². The Morgan fingerprint density at radius 2 is 2.05 bits per heavy atom. The number of rotatable bonds is 5. The minimum atomic E-state index is 0.263. The van der Waals surface area contributed by atoms with E-state index in [4.69, 9.17) is 10.5 Å². The molecular formula is C15H23BrN2O. The summed E-state index contributed by atoms with van der Waals surface area (Å²) in [6.45, 7) is 5.62. The smallest absolute Gasteiger partial charge is 0.124 e. The largest absolute Gasteiger partial charge is 0.494 e. The van der Waals surface area contributed by atoms with Gasteiger partial charge in [0.25, 0.3) is 0 Å². The van der Waals surface area contributed by atoms with Crippen molar-refractivity contribution in [1.29, 1.82) is 0 Å². The van der Waals surface area contributed by atoms with Crippen LogP contribution in [0.4, 0.5) is 0 Å². The lowest BCUT2D eigenvalue weighted by molar-refractivity contribution is 0.164. The third kappa shape index (κ3) is 3.71. The van der Waals surface area contributed by atoms with E-state index in [1.54, 1.807) is 0 Å². The molecule has 1 aliphatic heterocycles. The molecule has 0 saturated carbocycles. The summed E-state index contributed by atoms with van der Waals surface area (Å²) in [5.41, 5.74) is 7.25. The molecule has 2 N–H and O–H groups in total. The second kappa shape index (κ2) is 7.27. The van der Waals surface area contributed by atoms with Crippen LogP contribution < -0.4 is 10.5 Å². The Bertz CT molecular complexity index is 405. The first-order valence-corrected chi connectivity index (χ1v) is 7.92. The minimum absolute atomic E-state index is 0.263. The van der Waals surface area contributed by atoms with Gasteiger partial charge < -0.3 is 10.5 Å². The Kier molecular flexibility index (Phi) is 5.67. The molecular weight excluding hydrogens is 304 g/mol. The summed E-state index contributed by atoms with van der Waals surface area (Å²) in [5.74, 6) is 0.965. The van der Waals surface area contributed by atoms with E-state index in [1.165, 1.54) is 24.8 Å². The van der Waals surface area contributed by atoms with E-state index in [0.29, 0.717) is 13.2 Å². The topological polar surface area (TPSA) is 38.5 Å². The number of piperidine rings is 1. The summed E-state index contributed by atoms with van der Waals surface area (Å²) >= 11 is 3.55. The highest BCUT2D eigenvalue weighted by Crippen LogP contribution is 2.33. The normalized spacial score (nSPS) is 18.3. The number of benzene rings is 1. The summed E-state index contributed by atoms with van der Waals surface area (Å²) in [4.78, 5) is 2.49. The molecule has 1 fully saturated rings. The molecule has 1 aromatic carbocycles. The number of nitrogens with zero attached hydrogens (tertiary/aromatic N) is 1. The maximum atomic E-state index is 6.04. The van der Waals surface area contributed by atoms with E-state index in [9.17, 15) is 0 Å². The maximum absolute atomic E-state index is 6.04. The van der Waals surface area contributed by atoms with Gasteiger partial charge in [0, 0.05) is 16.6 Å². The van der Waals surface area contributed by atoms with Gasteiger partial charge in [-0.05, 0) is 51.1 Å². The highest BCUT2D eigenvalue weighted by molar-refractivity contribution is 9.10.